The molecule has 0 aliphatic carbocycles. The molecule has 1 aromatic carbocycles. The van der Waals surface area contributed by atoms with E-state index in [4.69, 9.17) is 0 Å². The number of benzene rings is 1. The minimum atomic E-state index is 0.252. The van der Waals surface area contributed by atoms with E-state index in [1.807, 2.05) is 22.7 Å². The number of anilines is 1. The van der Waals surface area contributed by atoms with Gasteiger partial charge in [-0.1, -0.05) is 18.2 Å². The number of thioether (sulfide) groups is 1. The Balaban J connectivity index is 1.52. The fraction of sp³-hybridized carbons (Fsp3) is 0.471. The number of amides is 1. The molecule has 3 rings (SSSR count). The molecule has 0 N–H and O–H groups in total. The van der Waals surface area contributed by atoms with Crippen molar-refractivity contribution in [2.45, 2.75) is 13.8 Å². The van der Waals surface area contributed by atoms with Gasteiger partial charge in [-0.3, -0.25) is 4.79 Å². The molecule has 5 heteroatoms. The van der Waals surface area contributed by atoms with E-state index in [1.165, 1.54) is 16.3 Å². The summed E-state index contributed by atoms with van der Waals surface area (Å²) in [4.78, 5) is 20.4. The molecule has 1 fully saturated rings. The third-order valence-electron chi connectivity index (χ3n) is 4.50. The summed E-state index contributed by atoms with van der Waals surface area (Å²) in [6.07, 6.45) is 0. The highest BCUT2D eigenvalue weighted by Gasteiger charge is 2.25. The van der Waals surface area contributed by atoms with E-state index >= 15 is 0 Å². The van der Waals surface area contributed by atoms with E-state index in [2.05, 4.69) is 47.9 Å². The zero-order valence-electron chi connectivity index (χ0n) is 13.3. The number of piperazine rings is 1. The van der Waals surface area contributed by atoms with E-state index in [9.17, 15) is 4.79 Å². The van der Waals surface area contributed by atoms with Crippen LogP contribution in [0.2, 0.25) is 0 Å². The first-order chi connectivity index (χ1) is 10.6. The van der Waals surface area contributed by atoms with Gasteiger partial charge in [-0.25, -0.2) is 0 Å². The van der Waals surface area contributed by atoms with Crippen LogP contribution in [0.25, 0.3) is 0 Å². The van der Waals surface area contributed by atoms with Gasteiger partial charge in [0.05, 0.1) is 12.4 Å². The maximum absolute atomic E-state index is 12.5. The van der Waals surface area contributed by atoms with Crippen LogP contribution in [-0.4, -0.2) is 54.3 Å². The van der Waals surface area contributed by atoms with Crippen molar-refractivity contribution in [2.75, 3.05) is 43.5 Å². The van der Waals surface area contributed by atoms with E-state index in [-0.39, 0.29) is 5.91 Å². The summed E-state index contributed by atoms with van der Waals surface area (Å²) in [5.74, 6) is 1.16. The van der Waals surface area contributed by atoms with Crippen LogP contribution in [0, 0.1) is 0 Å². The second kappa shape index (κ2) is 6.65. The lowest BCUT2D eigenvalue weighted by Gasteiger charge is -2.37. The Morgan fingerprint density at radius 2 is 1.77 bits per heavy atom. The molecule has 1 amide bonds. The highest BCUT2D eigenvalue weighted by atomic mass is 32.2. The summed E-state index contributed by atoms with van der Waals surface area (Å²) in [5.41, 5.74) is 2.50. The zero-order valence-corrected chi connectivity index (χ0v) is 14.1. The number of nitrogens with zero attached hydrogens (tertiary/aromatic N) is 3. The minimum absolute atomic E-state index is 0.252. The van der Waals surface area contributed by atoms with Crippen molar-refractivity contribution in [3.05, 3.63) is 40.9 Å². The Bertz CT molecular complexity index is 565. The highest BCUT2D eigenvalue weighted by Crippen LogP contribution is 2.30. The van der Waals surface area contributed by atoms with Crippen molar-refractivity contribution in [2.24, 2.45) is 0 Å². The second-order valence-corrected chi connectivity index (χ2v) is 6.98. The number of hydrogen-bond donors (Lipinski definition) is 0. The average molecular weight is 317 g/mol. The number of hydrogen-bond acceptors (Lipinski definition) is 4. The summed E-state index contributed by atoms with van der Waals surface area (Å²) >= 11 is 1.83. The van der Waals surface area contributed by atoms with E-state index < -0.39 is 0 Å². The van der Waals surface area contributed by atoms with Crippen molar-refractivity contribution in [3.63, 3.8) is 0 Å². The van der Waals surface area contributed by atoms with Crippen LogP contribution in [0.4, 0.5) is 5.69 Å². The van der Waals surface area contributed by atoms with Gasteiger partial charge in [0.25, 0.3) is 0 Å². The third kappa shape index (κ3) is 3.24. The quantitative estimate of drug-likeness (QED) is 0.856. The van der Waals surface area contributed by atoms with Crippen LogP contribution in [0.1, 0.15) is 13.8 Å². The first-order valence-electron chi connectivity index (χ1n) is 7.78. The number of para-hydroxylation sites is 1. The maximum atomic E-state index is 12.5. The van der Waals surface area contributed by atoms with Gasteiger partial charge in [0.2, 0.25) is 5.91 Å². The Labute approximate surface area is 136 Å². The number of carbonyl (C=O) groups is 1. The van der Waals surface area contributed by atoms with Gasteiger partial charge in [-0.2, -0.15) is 0 Å². The Kier molecular flexibility index (Phi) is 4.62. The van der Waals surface area contributed by atoms with Gasteiger partial charge >= 0.3 is 0 Å². The van der Waals surface area contributed by atoms with Crippen LogP contribution >= 0.6 is 11.8 Å². The second-order valence-electron chi connectivity index (χ2n) is 5.82. The first kappa shape index (κ1) is 15.3. The van der Waals surface area contributed by atoms with Crippen molar-refractivity contribution in [3.8, 4) is 0 Å². The molecule has 22 heavy (non-hydrogen) atoms. The molecule has 118 valence electrons. The highest BCUT2D eigenvalue weighted by molar-refractivity contribution is 8.03. The van der Waals surface area contributed by atoms with Crippen molar-refractivity contribution >= 4 is 23.4 Å². The van der Waals surface area contributed by atoms with Crippen LogP contribution in [0.3, 0.4) is 0 Å². The van der Waals surface area contributed by atoms with Gasteiger partial charge in [-0.05, 0) is 26.0 Å². The van der Waals surface area contributed by atoms with Gasteiger partial charge in [0.1, 0.15) is 0 Å². The molecule has 0 radical (unpaired) electrons. The van der Waals surface area contributed by atoms with E-state index in [1.54, 1.807) is 0 Å². The Morgan fingerprint density at radius 1 is 1.09 bits per heavy atom. The summed E-state index contributed by atoms with van der Waals surface area (Å²) in [5, 5.41) is 0. The van der Waals surface area contributed by atoms with Crippen LogP contribution in [0.5, 0.6) is 0 Å². The molecule has 0 atom stereocenters. The van der Waals surface area contributed by atoms with E-state index in [0.717, 1.165) is 32.1 Å². The predicted octanol–water partition coefficient (Wildman–Crippen LogP) is 2.59. The van der Waals surface area contributed by atoms with Crippen molar-refractivity contribution in [1.29, 1.82) is 0 Å². The van der Waals surface area contributed by atoms with Gasteiger partial charge in [0, 0.05) is 42.5 Å². The molecule has 0 spiro atoms. The molecule has 1 saturated heterocycles. The monoisotopic (exact) mass is 317 g/mol. The largest absolute Gasteiger partial charge is 0.368 e. The fourth-order valence-corrected chi connectivity index (χ4v) is 3.85. The molecular formula is C17H23N3OS. The number of rotatable bonds is 3. The summed E-state index contributed by atoms with van der Waals surface area (Å²) in [6.45, 7) is 8.21. The predicted molar refractivity (Wildman–Crippen MR) is 92.8 cm³/mol. The number of allylic oxidation sites excluding steroid dienone is 2. The number of carbonyl (C=O) groups excluding carboxylic acids is 1. The van der Waals surface area contributed by atoms with E-state index in [0.29, 0.717) is 6.54 Å². The SMILES string of the molecule is CC1=C(C)N(CC(=O)N2CCN(c3ccccc3)CC2)CS1. The Hall–Kier alpha value is -1.62. The summed E-state index contributed by atoms with van der Waals surface area (Å²) < 4.78 is 0. The lowest BCUT2D eigenvalue weighted by Crippen LogP contribution is -2.51. The Morgan fingerprint density at radius 3 is 2.36 bits per heavy atom. The van der Waals surface area contributed by atoms with Crippen molar-refractivity contribution < 1.29 is 4.79 Å². The fourth-order valence-electron chi connectivity index (χ4n) is 2.88. The lowest BCUT2D eigenvalue weighted by atomic mass is 10.2. The molecule has 0 bridgehead atoms. The molecule has 1 aromatic rings. The average Bonchev–Trinajstić information content (AvgIpc) is 2.88. The normalized spacial score (nSPS) is 19.1. The molecule has 2 aliphatic rings. The maximum Gasteiger partial charge on any atom is 0.242 e. The minimum Gasteiger partial charge on any atom is -0.368 e. The smallest absolute Gasteiger partial charge is 0.242 e. The third-order valence-corrected chi connectivity index (χ3v) is 5.67. The standard InChI is InChI=1S/C17H23N3OS/c1-14-15(2)22-13-20(14)12-17(21)19-10-8-18(9-11-19)16-6-4-3-5-7-16/h3-7H,8-13H2,1-2H3. The van der Waals surface area contributed by atoms with Crippen LogP contribution < -0.4 is 4.90 Å². The first-order valence-corrected chi connectivity index (χ1v) is 8.76. The molecule has 2 aliphatic heterocycles. The van der Waals surface area contributed by atoms with Gasteiger partial charge in [0.15, 0.2) is 0 Å². The molecule has 0 saturated carbocycles. The van der Waals surface area contributed by atoms with Crippen molar-refractivity contribution in [1.82, 2.24) is 9.80 Å². The topological polar surface area (TPSA) is 26.8 Å². The van der Waals surface area contributed by atoms with Crippen LogP contribution in [0.15, 0.2) is 40.9 Å². The van der Waals surface area contributed by atoms with Gasteiger partial charge in [-0.15, -0.1) is 11.8 Å². The molecule has 0 unspecified atom stereocenters. The summed E-state index contributed by atoms with van der Waals surface area (Å²) in [7, 11) is 0. The molecule has 4 nitrogen and oxygen atoms in total. The molecule has 2 heterocycles. The lowest BCUT2D eigenvalue weighted by molar-refractivity contribution is -0.132. The molecular weight excluding hydrogens is 294 g/mol. The summed E-state index contributed by atoms with van der Waals surface area (Å²) in [6, 6.07) is 10.4. The zero-order chi connectivity index (χ0) is 15.5. The van der Waals surface area contributed by atoms with Crippen LogP contribution in [-0.2, 0) is 4.79 Å². The molecule has 0 aromatic heterocycles. The van der Waals surface area contributed by atoms with Gasteiger partial charge < -0.3 is 14.7 Å².